The van der Waals surface area contributed by atoms with E-state index in [0.717, 1.165) is 43.8 Å². The SMILES string of the molecule is CC.CC(C)C.CCC/C(=C/NC)NCC1Cc2cc(C)ccc2N1C=O.CNC(=O)O. The number of rotatable bonds is 7. The van der Waals surface area contributed by atoms with Crippen LogP contribution in [-0.2, 0) is 11.2 Å². The summed E-state index contributed by atoms with van der Waals surface area (Å²) >= 11 is 0. The molecule has 184 valence electrons. The Morgan fingerprint density at radius 2 is 1.81 bits per heavy atom. The third-order valence-corrected chi connectivity index (χ3v) is 4.09. The fourth-order valence-electron chi connectivity index (χ4n) is 2.90. The molecule has 2 amide bonds. The average molecular weight is 451 g/mol. The lowest BCUT2D eigenvalue weighted by Gasteiger charge is -2.22. The first kappa shape index (κ1) is 31.5. The number of nitrogens with one attached hydrogen (secondary N) is 3. The van der Waals surface area contributed by atoms with Crippen LogP contribution in [0.15, 0.2) is 30.1 Å². The molecule has 0 aliphatic carbocycles. The van der Waals surface area contributed by atoms with Gasteiger partial charge < -0.3 is 26.0 Å². The molecule has 0 bridgehead atoms. The number of benzene rings is 1. The van der Waals surface area contributed by atoms with E-state index < -0.39 is 6.09 Å². The minimum atomic E-state index is -0.995. The predicted octanol–water partition coefficient (Wildman–Crippen LogP) is 4.91. The largest absolute Gasteiger partial charge is 0.465 e. The Kier molecular flexibility index (Phi) is 18.7. The van der Waals surface area contributed by atoms with Crippen LogP contribution in [0.25, 0.3) is 0 Å². The van der Waals surface area contributed by atoms with Crippen LogP contribution in [0.5, 0.6) is 0 Å². The van der Waals surface area contributed by atoms with Gasteiger partial charge in [-0.1, -0.05) is 65.7 Å². The van der Waals surface area contributed by atoms with Crippen LogP contribution in [0, 0.1) is 12.8 Å². The molecule has 4 N–H and O–H groups in total. The molecule has 32 heavy (non-hydrogen) atoms. The number of carbonyl (C=O) groups is 2. The molecule has 1 aromatic rings. The number of hydrogen-bond donors (Lipinski definition) is 4. The summed E-state index contributed by atoms with van der Waals surface area (Å²) in [4.78, 5) is 22.5. The van der Waals surface area contributed by atoms with Crippen molar-refractivity contribution < 1.29 is 14.7 Å². The van der Waals surface area contributed by atoms with Gasteiger partial charge in [0.1, 0.15) is 0 Å². The standard InChI is InChI=1S/C17H25N3O.C4H10.C2H5NO2.C2H6/c1-4-5-15(10-18-3)19-11-16-9-14-8-13(2)6-7-17(14)20(16)12-21;1-4(2)3;1-3-2(4)5;1-2/h6-8,10,12,16,18-19H,4-5,9,11H2,1-3H3;4H,1-3H3;3H,1H3,(H,4,5);1-2H3/b15-10-;;;. The molecule has 1 aliphatic rings. The molecule has 1 aromatic carbocycles. The Labute approximate surface area is 195 Å². The fraction of sp³-hybridized carbons (Fsp3) is 0.600. The molecule has 2 rings (SSSR count). The number of amides is 2. The molecule has 0 fully saturated rings. The van der Waals surface area contributed by atoms with Crippen molar-refractivity contribution in [3.8, 4) is 0 Å². The fourth-order valence-corrected chi connectivity index (χ4v) is 2.90. The van der Waals surface area contributed by atoms with E-state index in [1.54, 1.807) is 0 Å². The molecule has 1 atom stereocenters. The van der Waals surface area contributed by atoms with Crippen LogP contribution in [-0.4, -0.2) is 44.3 Å². The highest BCUT2D eigenvalue weighted by molar-refractivity contribution is 5.81. The summed E-state index contributed by atoms with van der Waals surface area (Å²) < 4.78 is 0. The van der Waals surface area contributed by atoms with Crippen LogP contribution >= 0.6 is 0 Å². The van der Waals surface area contributed by atoms with Gasteiger partial charge in [0.25, 0.3) is 0 Å². The van der Waals surface area contributed by atoms with E-state index in [-0.39, 0.29) is 6.04 Å². The molecule has 7 heteroatoms. The van der Waals surface area contributed by atoms with E-state index in [9.17, 15) is 9.59 Å². The topological polar surface area (TPSA) is 93.7 Å². The van der Waals surface area contributed by atoms with Crippen molar-refractivity contribution in [2.24, 2.45) is 5.92 Å². The first-order chi connectivity index (χ1) is 15.2. The second-order valence-corrected chi connectivity index (χ2v) is 7.88. The molecule has 0 radical (unpaired) electrons. The van der Waals surface area contributed by atoms with Gasteiger partial charge in [-0.3, -0.25) is 4.79 Å². The van der Waals surface area contributed by atoms with E-state index in [0.29, 0.717) is 0 Å². The summed E-state index contributed by atoms with van der Waals surface area (Å²) in [5.41, 5.74) is 4.76. The van der Waals surface area contributed by atoms with Crippen molar-refractivity contribution >= 4 is 18.2 Å². The number of anilines is 1. The lowest BCUT2D eigenvalue weighted by molar-refractivity contribution is -0.107. The van der Waals surface area contributed by atoms with Gasteiger partial charge in [0.15, 0.2) is 0 Å². The van der Waals surface area contributed by atoms with Gasteiger partial charge in [-0.05, 0) is 37.3 Å². The Balaban J connectivity index is 0. The smallest absolute Gasteiger partial charge is 0.404 e. The number of carbonyl (C=O) groups excluding carboxylic acids is 1. The molecule has 0 spiro atoms. The van der Waals surface area contributed by atoms with Crippen molar-refractivity contribution in [1.29, 1.82) is 0 Å². The van der Waals surface area contributed by atoms with Gasteiger partial charge in [-0.25, -0.2) is 4.79 Å². The van der Waals surface area contributed by atoms with Gasteiger partial charge in [-0.2, -0.15) is 0 Å². The van der Waals surface area contributed by atoms with Crippen LogP contribution in [0.1, 0.15) is 65.5 Å². The third kappa shape index (κ3) is 13.6. The van der Waals surface area contributed by atoms with Gasteiger partial charge in [0.05, 0.1) is 6.04 Å². The number of allylic oxidation sites excluding steroid dienone is 1. The quantitative estimate of drug-likeness (QED) is 0.443. The van der Waals surface area contributed by atoms with Gasteiger partial charge in [-0.15, -0.1) is 0 Å². The van der Waals surface area contributed by atoms with E-state index in [1.165, 1.54) is 23.9 Å². The summed E-state index contributed by atoms with van der Waals surface area (Å²) in [6.07, 6.45) is 4.99. The van der Waals surface area contributed by atoms with Gasteiger partial charge in [0, 0.05) is 38.2 Å². The highest BCUT2D eigenvalue weighted by Crippen LogP contribution is 2.31. The first-order valence-corrected chi connectivity index (χ1v) is 11.5. The minimum absolute atomic E-state index is 0.191. The maximum atomic E-state index is 11.4. The van der Waals surface area contributed by atoms with Crippen molar-refractivity contribution in [3.05, 3.63) is 41.2 Å². The Morgan fingerprint density at radius 1 is 1.25 bits per heavy atom. The summed E-state index contributed by atoms with van der Waals surface area (Å²) in [7, 11) is 3.26. The molecule has 7 nitrogen and oxygen atoms in total. The molecular weight excluding hydrogens is 404 g/mol. The molecule has 0 saturated heterocycles. The maximum absolute atomic E-state index is 11.4. The normalized spacial score (nSPS) is 13.9. The second kappa shape index (κ2) is 19.0. The molecule has 1 aliphatic heterocycles. The van der Waals surface area contributed by atoms with Crippen LogP contribution in [0.2, 0.25) is 0 Å². The number of aryl methyl sites for hydroxylation is 1. The molecule has 1 heterocycles. The average Bonchev–Trinajstić information content (AvgIpc) is 3.10. The zero-order chi connectivity index (χ0) is 25.1. The van der Waals surface area contributed by atoms with E-state index in [4.69, 9.17) is 5.11 Å². The summed E-state index contributed by atoms with van der Waals surface area (Å²) in [5, 5.41) is 16.1. The van der Waals surface area contributed by atoms with Crippen LogP contribution in [0.4, 0.5) is 10.5 Å². The number of carboxylic acid groups (broad SMARTS) is 1. The molecule has 1 unspecified atom stereocenters. The zero-order valence-corrected chi connectivity index (χ0v) is 21.6. The van der Waals surface area contributed by atoms with E-state index in [2.05, 4.69) is 63.5 Å². The van der Waals surface area contributed by atoms with E-state index >= 15 is 0 Å². The van der Waals surface area contributed by atoms with Crippen molar-refractivity contribution in [1.82, 2.24) is 16.0 Å². The van der Waals surface area contributed by atoms with Crippen molar-refractivity contribution in [2.75, 3.05) is 25.5 Å². The van der Waals surface area contributed by atoms with Crippen LogP contribution < -0.4 is 20.9 Å². The maximum Gasteiger partial charge on any atom is 0.404 e. The molecular formula is C25H46N4O3. The summed E-state index contributed by atoms with van der Waals surface area (Å²) in [5.74, 6) is 0.833. The van der Waals surface area contributed by atoms with Crippen LogP contribution in [0.3, 0.4) is 0 Å². The third-order valence-electron chi connectivity index (χ3n) is 4.09. The minimum Gasteiger partial charge on any atom is -0.465 e. The number of hydrogen-bond acceptors (Lipinski definition) is 4. The van der Waals surface area contributed by atoms with E-state index in [1.807, 2.05) is 37.3 Å². The summed E-state index contributed by atoms with van der Waals surface area (Å²) in [6.45, 7) is 15.5. The first-order valence-electron chi connectivity index (χ1n) is 11.5. The summed E-state index contributed by atoms with van der Waals surface area (Å²) in [6, 6.07) is 6.49. The molecule has 0 aromatic heterocycles. The highest BCUT2D eigenvalue weighted by Gasteiger charge is 2.28. The highest BCUT2D eigenvalue weighted by atomic mass is 16.4. The zero-order valence-electron chi connectivity index (χ0n) is 21.6. The van der Waals surface area contributed by atoms with Gasteiger partial charge >= 0.3 is 6.09 Å². The number of fused-ring (bicyclic) bond motifs is 1. The van der Waals surface area contributed by atoms with Gasteiger partial charge in [0.2, 0.25) is 6.41 Å². The second-order valence-electron chi connectivity index (χ2n) is 7.88. The van der Waals surface area contributed by atoms with Crippen molar-refractivity contribution in [3.63, 3.8) is 0 Å². The number of nitrogens with zero attached hydrogens (tertiary/aromatic N) is 1. The lowest BCUT2D eigenvalue weighted by Crippen LogP contribution is -2.39. The Morgan fingerprint density at radius 3 is 2.25 bits per heavy atom. The monoisotopic (exact) mass is 450 g/mol. The lowest BCUT2D eigenvalue weighted by atomic mass is 10.1. The van der Waals surface area contributed by atoms with Crippen molar-refractivity contribution in [2.45, 2.75) is 73.8 Å². The predicted molar refractivity (Wildman–Crippen MR) is 136 cm³/mol. The molecule has 0 saturated carbocycles. The Hall–Kier alpha value is -2.70. The Bertz CT molecular complexity index is 672.